The molecule has 0 saturated carbocycles. The van der Waals surface area contributed by atoms with Crippen LogP contribution in [0.4, 0.5) is 17.6 Å². The highest BCUT2D eigenvalue weighted by molar-refractivity contribution is 7.88. The monoisotopic (exact) mass is 397 g/mol. The number of halogens is 4. The molecule has 2 aromatic rings. The maximum absolute atomic E-state index is 14.0. The van der Waals surface area contributed by atoms with Gasteiger partial charge in [-0.2, -0.15) is 21.6 Å². The molecule has 0 fully saturated rings. The number of methoxy groups -OCH3 is 1. The Labute approximate surface area is 143 Å². The molecular formula is C14H11F4NO6S. The summed E-state index contributed by atoms with van der Waals surface area (Å²) in [5, 5.41) is -0.357. The van der Waals surface area contributed by atoms with Crippen molar-refractivity contribution in [2.75, 3.05) is 7.11 Å². The summed E-state index contributed by atoms with van der Waals surface area (Å²) < 4.78 is 82.9. The van der Waals surface area contributed by atoms with E-state index in [1.807, 2.05) is 0 Å². The third-order valence-electron chi connectivity index (χ3n) is 3.36. The maximum atomic E-state index is 14.0. The van der Waals surface area contributed by atoms with Gasteiger partial charge in [0.2, 0.25) is 5.43 Å². The highest BCUT2D eigenvalue weighted by Crippen LogP contribution is 2.30. The SMILES string of the molecule is CCn1cc(C(=O)OC)c(=O)c2cc(F)c(OS(=O)(=O)C(F)(F)F)cc21. The van der Waals surface area contributed by atoms with Crippen LogP contribution in [0.5, 0.6) is 5.75 Å². The van der Waals surface area contributed by atoms with E-state index in [1.54, 1.807) is 6.92 Å². The standard InChI is InChI=1S/C14H11F4NO6S/c1-3-19-6-8(13(21)24-2)12(20)7-4-9(15)11(5-10(7)19)25-26(22,23)14(16,17)18/h4-6H,3H2,1-2H3. The van der Waals surface area contributed by atoms with Crippen LogP contribution in [-0.2, 0) is 21.4 Å². The molecule has 0 aliphatic carbocycles. The fourth-order valence-electron chi connectivity index (χ4n) is 2.14. The van der Waals surface area contributed by atoms with Gasteiger partial charge in [-0.15, -0.1) is 0 Å². The van der Waals surface area contributed by atoms with Crippen LogP contribution in [-0.4, -0.2) is 31.6 Å². The molecule has 0 amide bonds. The number of rotatable bonds is 4. The van der Waals surface area contributed by atoms with Crippen LogP contribution in [0.15, 0.2) is 23.1 Å². The second-order valence-electron chi connectivity index (χ2n) is 4.93. The molecule has 0 aliphatic rings. The first-order valence-corrected chi connectivity index (χ1v) is 8.29. The van der Waals surface area contributed by atoms with Crippen molar-refractivity contribution in [3.8, 4) is 5.75 Å². The Morgan fingerprint density at radius 2 is 1.88 bits per heavy atom. The molecule has 0 aliphatic heterocycles. The van der Waals surface area contributed by atoms with E-state index in [4.69, 9.17) is 0 Å². The summed E-state index contributed by atoms with van der Waals surface area (Å²) in [5.74, 6) is -3.74. The third-order valence-corrected chi connectivity index (χ3v) is 4.33. The number of pyridine rings is 1. The average molecular weight is 397 g/mol. The van der Waals surface area contributed by atoms with Gasteiger partial charge < -0.3 is 13.5 Å². The van der Waals surface area contributed by atoms with Gasteiger partial charge in [0.05, 0.1) is 12.6 Å². The number of hydrogen-bond acceptors (Lipinski definition) is 6. The van der Waals surface area contributed by atoms with Crippen molar-refractivity contribution in [1.82, 2.24) is 4.57 Å². The van der Waals surface area contributed by atoms with Crippen LogP contribution in [0, 0.1) is 5.82 Å². The van der Waals surface area contributed by atoms with E-state index in [2.05, 4.69) is 8.92 Å². The number of esters is 1. The van der Waals surface area contributed by atoms with Gasteiger partial charge in [0.25, 0.3) is 0 Å². The molecule has 0 radical (unpaired) electrons. The summed E-state index contributed by atoms with van der Waals surface area (Å²) in [6.07, 6.45) is 1.07. The van der Waals surface area contributed by atoms with E-state index in [9.17, 15) is 35.6 Å². The minimum absolute atomic E-state index is 0.123. The molecule has 7 nitrogen and oxygen atoms in total. The molecule has 0 N–H and O–H groups in total. The lowest BCUT2D eigenvalue weighted by Gasteiger charge is -2.14. The van der Waals surface area contributed by atoms with Crippen molar-refractivity contribution in [3.63, 3.8) is 0 Å². The second kappa shape index (κ2) is 6.59. The van der Waals surface area contributed by atoms with Crippen LogP contribution >= 0.6 is 0 Å². The number of carbonyl (C=O) groups excluding carboxylic acids is 1. The normalized spacial score (nSPS) is 12.2. The molecule has 142 valence electrons. The minimum Gasteiger partial charge on any atom is -0.465 e. The maximum Gasteiger partial charge on any atom is 0.534 e. The smallest absolute Gasteiger partial charge is 0.465 e. The highest BCUT2D eigenvalue weighted by Gasteiger charge is 2.49. The zero-order valence-corrected chi connectivity index (χ0v) is 14.1. The second-order valence-corrected chi connectivity index (χ2v) is 6.47. The largest absolute Gasteiger partial charge is 0.534 e. The van der Waals surface area contributed by atoms with Gasteiger partial charge in [-0.05, 0) is 13.0 Å². The molecule has 1 heterocycles. The number of alkyl halides is 3. The van der Waals surface area contributed by atoms with Crippen molar-refractivity contribution in [3.05, 3.63) is 39.9 Å². The molecule has 26 heavy (non-hydrogen) atoms. The van der Waals surface area contributed by atoms with Crippen molar-refractivity contribution in [1.29, 1.82) is 0 Å². The molecule has 0 saturated heterocycles. The third kappa shape index (κ3) is 3.36. The number of hydrogen-bond donors (Lipinski definition) is 0. The fraction of sp³-hybridized carbons (Fsp3) is 0.286. The van der Waals surface area contributed by atoms with Crippen molar-refractivity contribution >= 4 is 27.0 Å². The first-order chi connectivity index (χ1) is 11.9. The molecule has 1 aromatic heterocycles. The molecule has 0 unspecified atom stereocenters. The lowest BCUT2D eigenvalue weighted by Crippen LogP contribution is -2.28. The van der Waals surface area contributed by atoms with Crippen LogP contribution in [0.25, 0.3) is 10.9 Å². The van der Waals surface area contributed by atoms with Crippen molar-refractivity contribution < 1.29 is 39.7 Å². The van der Waals surface area contributed by atoms with E-state index >= 15 is 0 Å². The molecule has 0 spiro atoms. The molecule has 0 bridgehead atoms. The Hall–Kier alpha value is -2.63. The zero-order valence-electron chi connectivity index (χ0n) is 13.3. The lowest BCUT2D eigenvalue weighted by molar-refractivity contribution is -0.0500. The van der Waals surface area contributed by atoms with Gasteiger partial charge in [0, 0.05) is 24.2 Å². The Balaban J connectivity index is 2.75. The summed E-state index contributed by atoms with van der Waals surface area (Å²) in [6.45, 7) is 1.69. The predicted molar refractivity (Wildman–Crippen MR) is 80.8 cm³/mol. The van der Waals surface area contributed by atoms with Crippen LogP contribution in [0.1, 0.15) is 17.3 Å². The molecule has 1 aromatic carbocycles. The highest BCUT2D eigenvalue weighted by atomic mass is 32.2. The Bertz CT molecular complexity index is 1040. The summed E-state index contributed by atoms with van der Waals surface area (Å²) >= 11 is 0. The number of fused-ring (bicyclic) bond motifs is 1. The number of aromatic nitrogens is 1. The van der Waals surface area contributed by atoms with Crippen LogP contribution in [0.2, 0.25) is 0 Å². The topological polar surface area (TPSA) is 91.7 Å². The average Bonchev–Trinajstić information content (AvgIpc) is 2.54. The predicted octanol–water partition coefficient (Wildman–Crippen LogP) is 2.18. The van der Waals surface area contributed by atoms with Gasteiger partial charge in [-0.3, -0.25) is 4.79 Å². The molecule has 2 rings (SSSR count). The van der Waals surface area contributed by atoms with Crippen LogP contribution < -0.4 is 9.61 Å². The van der Waals surface area contributed by atoms with Gasteiger partial charge in [0.15, 0.2) is 11.6 Å². The van der Waals surface area contributed by atoms with Gasteiger partial charge >= 0.3 is 21.6 Å². The van der Waals surface area contributed by atoms with E-state index < -0.39 is 44.2 Å². The van der Waals surface area contributed by atoms with Gasteiger partial charge in [0.1, 0.15) is 5.56 Å². The van der Waals surface area contributed by atoms with Gasteiger partial charge in [-0.1, -0.05) is 0 Å². The van der Waals surface area contributed by atoms with E-state index in [1.165, 1.54) is 4.57 Å². The fourth-order valence-corrected chi connectivity index (χ4v) is 2.60. The number of ether oxygens (including phenoxy) is 1. The van der Waals surface area contributed by atoms with E-state index in [0.29, 0.717) is 12.1 Å². The molecular weight excluding hydrogens is 386 g/mol. The first-order valence-electron chi connectivity index (χ1n) is 6.88. The molecule has 0 atom stereocenters. The van der Waals surface area contributed by atoms with E-state index in [0.717, 1.165) is 13.3 Å². The Morgan fingerprint density at radius 1 is 1.27 bits per heavy atom. The summed E-state index contributed by atoms with van der Waals surface area (Å²) in [7, 11) is -5.07. The minimum atomic E-state index is -6.10. The van der Waals surface area contributed by atoms with Crippen LogP contribution in [0.3, 0.4) is 0 Å². The lowest BCUT2D eigenvalue weighted by atomic mass is 10.1. The molecule has 12 heteroatoms. The van der Waals surface area contributed by atoms with E-state index in [-0.39, 0.29) is 17.4 Å². The number of carbonyl (C=O) groups is 1. The van der Waals surface area contributed by atoms with Crippen molar-refractivity contribution in [2.24, 2.45) is 0 Å². The van der Waals surface area contributed by atoms with Gasteiger partial charge in [-0.25, -0.2) is 9.18 Å². The quantitative estimate of drug-likeness (QED) is 0.340. The number of benzene rings is 1. The Morgan fingerprint density at radius 3 is 2.38 bits per heavy atom. The number of aryl methyl sites for hydroxylation is 1. The summed E-state index contributed by atoms with van der Waals surface area (Å²) in [4.78, 5) is 23.9. The van der Waals surface area contributed by atoms with Crippen molar-refractivity contribution in [2.45, 2.75) is 19.0 Å². The Kier molecular flexibility index (Phi) is 4.99. The number of nitrogens with zero attached hydrogens (tertiary/aromatic N) is 1. The summed E-state index contributed by atoms with van der Waals surface area (Å²) in [6, 6.07) is 1.14. The first kappa shape index (κ1) is 19.7. The zero-order chi connectivity index (χ0) is 19.9. The summed E-state index contributed by atoms with van der Waals surface area (Å²) in [5.41, 5.74) is -7.23.